The second-order valence-corrected chi connectivity index (χ2v) is 5.85. The molecule has 0 N–H and O–H groups in total. The summed E-state index contributed by atoms with van der Waals surface area (Å²) in [6.07, 6.45) is 3.22. The van der Waals surface area contributed by atoms with Gasteiger partial charge in [-0.3, -0.25) is 0 Å². The zero-order chi connectivity index (χ0) is 14.5. The highest BCUT2D eigenvalue weighted by Gasteiger charge is 2.15. The van der Waals surface area contributed by atoms with Gasteiger partial charge in [0.2, 0.25) is 0 Å². The SMILES string of the molecule is CSc1ncc(Cl)c(C(=O)OCc2ccc(Br)cc2)n1. The lowest BCUT2D eigenvalue weighted by molar-refractivity contribution is 0.0464. The summed E-state index contributed by atoms with van der Waals surface area (Å²) in [5.74, 6) is -0.560. The third kappa shape index (κ3) is 3.94. The van der Waals surface area contributed by atoms with E-state index in [0.717, 1.165) is 10.0 Å². The normalized spacial score (nSPS) is 10.3. The molecule has 0 aliphatic rings. The summed E-state index contributed by atoms with van der Waals surface area (Å²) in [4.78, 5) is 20.0. The van der Waals surface area contributed by atoms with Gasteiger partial charge in [-0.1, -0.05) is 51.4 Å². The fourth-order valence-electron chi connectivity index (χ4n) is 1.39. The molecule has 20 heavy (non-hydrogen) atoms. The number of carbonyl (C=O) groups is 1. The van der Waals surface area contributed by atoms with Crippen LogP contribution in [0, 0.1) is 0 Å². The van der Waals surface area contributed by atoms with Crippen molar-refractivity contribution in [2.24, 2.45) is 0 Å². The van der Waals surface area contributed by atoms with E-state index in [1.54, 1.807) is 0 Å². The van der Waals surface area contributed by atoms with Gasteiger partial charge in [0.05, 0.1) is 11.2 Å². The number of nitrogens with zero attached hydrogens (tertiary/aromatic N) is 2. The molecule has 0 amide bonds. The second-order valence-electron chi connectivity index (χ2n) is 3.76. The highest BCUT2D eigenvalue weighted by atomic mass is 79.9. The number of esters is 1. The van der Waals surface area contributed by atoms with Gasteiger partial charge < -0.3 is 4.74 Å². The van der Waals surface area contributed by atoms with E-state index in [1.807, 2.05) is 30.5 Å². The van der Waals surface area contributed by atoms with Crippen molar-refractivity contribution < 1.29 is 9.53 Å². The Balaban J connectivity index is 2.06. The van der Waals surface area contributed by atoms with Crippen LogP contribution in [0.25, 0.3) is 0 Å². The van der Waals surface area contributed by atoms with E-state index in [-0.39, 0.29) is 17.3 Å². The molecule has 1 aromatic carbocycles. The first-order chi connectivity index (χ1) is 9.60. The number of benzene rings is 1. The number of thioether (sulfide) groups is 1. The van der Waals surface area contributed by atoms with E-state index in [0.29, 0.717) is 5.16 Å². The fourth-order valence-corrected chi connectivity index (χ4v) is 2.16. The largest absolute Gasteiger partial charge is 0.456 e. The number of ether oxygens (including phenoxy) is 1. The summed E-state index contributed by atoms with van der Waals surface area (Å²) in [5.41, 5.74) is 0.972. The van der Waals surface area contributed by atoms with E-state index < -0.39 is 5.97 Å². The van der Waals surface area contributed by atoms with Crippen molar-refractivity contribution >= 4 is 45.3 Å². The van der Waals surface area contributed by atoms with Crippen molar-refractivity contribution in [2.75, 3.05) is 6.26 Å². The maximum Gasteiger partial charge on any atom is 0.358 e. The summed E-state index contributed by atoms with van der Waals surface area (Å²) in [5, 5.41) is 0.661. The lowest BCUT2D eigenvalue weighted by Crippen LogP contribution is -2.09. The molecular formula is C13H10BrClN2O2S. The van der Waals surface area contributed by atoms with Crippen LogP contribution in [-0.4, -0.2) is 22.2 Å². The van der Waals surface area contributed by atoms with Gasteiger partial charge in [-0.15, -0.1) is 0 Å². The van der Waals surface area contributed by atoms with Gasteiger partial charge in [0.25, 0.3) is 0 Å². The molecule has 0 atom stereocenters. The zero-order valence-corrected chi connectivity index (χ0v) is 13.6. The molecule has 0 radical (unpaired) electrons. The van der Waals surface area contributed by atoms with Crippen LogP contribution in [0.15, 0.2) is 40.1 Å². The molecule has 0 saturated heterocycles. The lowest BCUT2D eigenvalue weighted by Gasteiger charge is -2.06. The predicted octanol–water partition coefficient (Wildman–Crippen LogP) is 3.97. The van der Waals surface area contributed by atoms with Crippen LogP contribution in [0.5, 0.6) is 0 Å². The van der Waals surface area contributed by atoms with Crippen molar-refractivity contribution in [3.63, 3.8) is 0 Å². The summed E-state index contributed by atoms with van der Waals surface area (Å²) < 4.78 is 6.16. The molecule has 104 valence electrons. The van der Waals surface area contributed by atoms with Crippen LogP contribution in [0.4, 0.5) is 0 Å². The Labute approximate surface area is 134 Å². The first kappa shape index (κ1) is 15.3. The van der Waals surface area contributed by atoms with Crippen molar-refractivity contribution in [3.8, 4) is 0 Å². The molecule has 0 aliphatic heterocycles. The first-order valence-electron chi connectivity index (χ1n) is 5.58. The summed E-state index contributed by atoms with van der Waals surface area (Å²) in [6, 6.07) is 7.50. The van der Waals surface area contributed by atoms with Crippen LogP contribution in [-0.2, 0) is 11.3 Å². The van der Waals surface area contributed by atoms with E-state index >= 15 is 0 Å². The Morgan fingerprint density at radius 1 is 1.40 bits per heavy atom. The lowest BCUT2D eigenvalue weighted by atomic mass is 10.2. The van der Waals surface area contributed by atoms with Crippen LogP contribution in [0.1, 0.15) is 16.1 Å². The van der Waals surface area contributed by atoms with Crippen LogP contribution < -0.4 is 0 Å². The Bertz CT molecular complexity index is 622. The van der Waals surface area contributed by atoms with Gasteiger partial charge in [-0.25, -0.2) is 14.8 Å². The average Bonchev–Trinajstić information content (AvgIpc) is 2.47. The number of aromatic nitrogens is 2. The minimum Gasteiger partial charge on any atom is -0.456 e. The minimum atomic E-state index is -0.560. The molecule has 1 aromatic heterocycles. The van der Waals surface area contributed by atoms with Gasteiger partial charge in [0.1, 0.15) is 6.61 Å². The molecule has 0 fully saturated rings. The smallest absolute Gasteiger partial charge is 0.358 e. The predicted molar refractivity (Wildman–Crippen MR) is 82.1 cm³/mol. The molecule has 7 heteroatoms. The second kappa shape index (κ2) is 7.06. The standard InChI is InChI=1S/C13H10BrClN2O2S/c1-20-13-16-6-10(15)11(17-13)12(18)19-7-8-2-4-9(14)5-3-8/h2-6H,7H2,1H3. The van der Waals surface area contributed by atoms with Gasteiger partial charge >= 0.3 is 5.97 Å². The highest BCUT2D eigenvalue weighted by molar-refractivity contribution is 9.10. The van der Waals surface area contributed by atoms with E-state index in [4.69, 9.17) is 16.3 Å². The van der Waals surface area contributed by atoms with Crippen molar-refractivity contribution in [2.45, 2.75) is 11.8 Å². The van der Waals surface area contributed by atoms with Gasteiger partial charge in [0, 0.05) is 4.47 Å². The van der Waals surface area contributed by atoms with Crippen LogP contribution >= 0.6 is 39.3 Å². The molecule has 0 aliphatic carbocycles. The molecule has 2 rings (SSSR count). The monoisotopic (exact) mass is 372 g/mol. The summed E-state index contributed by atoms with van der Waals surface area (Å²) >= 11 is 10.6. The van der Waals surface area contributed by atoms with Gasteiger partial charge in [-0.05, 0) is 24.0 Å². The van der Waals surface area contributed by atoms with Crippen molar-refractivity contribution in [1.82, 2.24) is 9.97 Å². The Kier molecular flexibility index (Phi) is 5.39. The quantitative estimate of drug-likeness (QED) is 0.461. The Morgan fingerprint density at radius 3 is 2.75 bits per heavy atom. The number of rotatable bonds is 4. The fraction of sp³-hybridized carbons (Fsp3) is 0.154. The average molecular weight is 374 g/mol. The third-order valence-electron chi connectivity index (χ3n) is 2.38. The molecule has 2 aromatic rings. The van der Waals surface area contributed by atoms with Crippen LogP contribution in [0.3, 0.4) is 0 Å². The molecule has 0 unspecified atom stereocenters. The van der Waals surface area contributed by atoms with Crippen LogP contribution in [0.2, 0.25) is 5.02 Å². The molecule has 1 heterocycles. The summed E-state index contributed by atoms with van der Waals surface area (Å²) in [7, 11) is 0. The molecule has 0 spiro atoms. The topological polar surface area (TPSA) is 52.1 Å². The van der Waals surface area contributed by atoms with Crippen molar-refractivity contribution in [1.29, 1.82) is 0 Å². The van der Waals surface area contributed by atoms with Gasteiger partial charge in [0.15, 0.2) is 10.9 Å². The van der Waals surface area contributed by atoms with E-state index in [2.05, 4.69) is 25.9 Å². The molecule has 0 saturated carbocycles. The number of halogens is 2. The zero-order valence-electron chi connectivity index (χ0n) is 10.5. The number of hydrogen-bond acceptors (Lipinski definition) is 5. The third-order valence-corrected chi connectivity index (χ3v) is 3.75. The Hall–Kier alpha value is -1.11. The molecule has 0 bridgehead atoms. The summed E-state index contributed by atoms with van der Waals surface area (Å²) in [6.45, 7) is 0.168. The molecule has 4 nitrogen and oxygen atoms in total. The minimum absolute atomic E-state index is 0.0862. The number of hydrogen-bond donors (Lipinski definition) is 0. The van der Waals surface area contributed by atoms with E-state index in [9.17, 15) is 4.79 Å². The van der Waals surface area contributed by atoms with Gasteiger partial charge in [-0.2, -0.15) is 0 Å². The number of carbonyl (C=O) groups excluding carboxylic acids is 1. The maximum absolute atomic E-state index is 12.0. The molecular weight excluding hydrogens is 364 g/mol. The first-order valence-corrected chi connectivity index (χ1v) is 7.98. The maximum atomic E-state index is 12.0. The highest BCUT2D eigenvalue weighted by Crippen LogP contribution is 2.18. The van der Waals surface area contributed by atoms with E-state index in [1.165, 1.54) is 18.0 Å². The Morgan fingerprint density at radius 2 is 2.10 bits per heavy atom. The van der Waals surface area contributed by atoms with Crippen molar-refractivity contribution in [3.05, 3.63) is 51.2 Å².